The molecule has 0 radical (unpaired) electrons. The Kier molecular flexibility index (Phi) is 2.74. The molecule has 2 bridgehead atoms. The summed E-state index contributed by atoms with van der Waals surface area (Å²) in [5.74, 6) is 1.59. The van der Waals surface area contributed by atoms with Crippen molar-refractivity contribution < 1.29 is 19.0 Å². The monoisotopic (exact) mass is 337 g/mol. The molecular formula is C20H19NO4. The van der Waals surface area contributed by atoms with Gasteiger partial charge >= 0.3 is 5.97 Å². The highest BCUT2D eigenvalue weighted by atomic mass is 16.6. The Bertz CT molecular complexity index is 897. The summed E-state index contributed by atoms with van der Waals surface area (Å²) in [5, 5.41) is 0. The van der Waals surface area contributed by atoms with E-state index in [4.69, 9.17) is 14.2 Å². The van der Waals surface area contributed by atoms with Crippen LogP contribution in [0.5, 0.6) is 11.5 Å². The van der Waals surface area contributed by atoms with E-state index in [-0.39, 0.29) is 17.5 Å². The molecule has 5 rings (SSSR count). The SMILES string of the molecule is COC1=CC=C2[C@H]3Cc4ccc(OC(C)=O)c5c4[C@@]2(C=CN3C)[C@H]1O5. The Morgan fingerprint density at radius 2 is 2.20 bits per heavy atom. The molecule has 0 amide bonds. The van der Waals surface area contributed by atoms with Gasteiger partial charge in [0.1, 0.15) is 5.76 Å². The second-order valence-electron chi connectivity index (χ2n) is 6.98. The van der Waals surface area contributed by atoms with E-state index in [2.05, 4.69) is 36.4 Å². The molecule has 0 unspecified atom stereocenters. The molecule has 2 aliphatic heterocycles. The summed E-state index contributed by atoms with van der Waals surface area (Å²) in [6.07, 6.45) is 9.14. The van der Waals surface area contributed by atoms with Gasteiger partial charge in [-0.2, -0.15) is 0 Å². The predicted molar refractivity (Wildman–Crippen MR) is 91.4 cm³/mol. The maximum absolute atomic E-state index is 11.5. The van der Waals surface area contributed by atoms with E-state index in [0.29, 0.717) is 17.5 Å². The van der Waals surface area contributed by atoms with E-state index in [0.717, 1.165) is 17.7 Å². The summed E-state index contributed by atoms with van der Waals surface area (Å²) in [6, 6.07) is 4.20. The van der Waals surface area contributed by atoms with Gasteiger partial charge in [-0.1, -0.05) is 12.1 Å². The third-order valence-electron chi connectivity index (χ3n) is 5.76. The van der Waals surface area contributed by atoms with Crippen molar-refractivity contribution in [3.8, 4) is 11.5 Å². The number of carbonyl (C=O) groups is 1. The van der Waals surface area contributed by atoms with Crippen LogP contribution in [0.1, 0.15) is 18.1 Å². The van der Waals surface area contributed by atoms with Crippen molar-refractivity contribution in [2.45, 2.75) is 30.9 Å². The van der Waals surface area contributed by atoms with Gasteiger partial charge in [0.25, 0.3) is 0 Å². The molecule has 0 aromatic heterocycles. The number of esters is 1. The third kappa shape index (κ3) is 1.65. The summed E-state index contributed by atoms with van der Waals surface area (Å²) >= 11 is 0. The molecule has 3 atom stereocenters. The second kappa shape index (κ2) is 4.69. The molecule has 0 saturated carbocycles. The summed E-state index contributed by atoms with van der Waals surface area (Å²) in [4.78, 5) is 13.8. The van der Waals surface area contributed by atoms with Crippen LogP contribution in [0.4, 0.5) is 0 Å². The highest BCUT2D eigenvalue weighted by Crippen LogP contribution is 2.61. The first-order valence-corrected chi connectivity index (χ1v) is 8.45. The summed E-state index contributed by atoms with van der Waals surface area (Å²) < 4.78 is 17.4. The fourth-order valence-electron chi connectivity index (χ4n) is 4.75. The van der Waals surface area contributed by atoms with Gasteiger partial charge < -0.3 is 19.1 Å². The van der Waals surface area contributed by atoms with Gasteiger partial charge in [0.2, 0.25) is 0 Å². The number of nitrogens with zero attached hydrogens (tertiary/aromatic N) is 1. The maximum Gasteiger partial charge on any atom is 0.308 e. The fraction of sp³-hybridized carbons (Fsp3) is 0.350. The Labute approximate surface area is 146 Å². The van der Waals surface area contributed by atoms with E-state index >= 15 is 0 Å². The number of likely N-dealkylation sites (N-methyl/N-ethyl adjacent to an activating group) is 1. The van der Waals surface area contributed by atoms with Gasteiger partial charge in [0.05, 0.1) is 18.6 Å². The smallest absolute Gasteiger partial charge is 0.308 e. The lowest BCUT2D eigenvalue weighted by Crippen LogP contribution is -2.54. The minimum Gasteiger partial charge on any atom is -0.497 e. The van der Waals surface area contributed by atoms with Gasteiger partial charge in [0.15, 0.2) is 17.6 Å². The Morgan fingerprint density at radius 3 is 2.96 bits per heavy atom. The van der Waals surface area contributed by atoms with E-state index in [1.165, 1.54) is 18.1 Å². The lowest BCUT2D eigenvalue weighted by atomic mass is 9.59. The summed E-state index contributed by atoms with van der Waals surface area (Å²) in [6.45, 7) is 1.41. The normalized spacial score (nSPS) is 30.1. The lowest BCUT2D eigenvalue weighted by molar-refractivity contribution is -0.132. The van der Waals surface area contributed by atoms with Crippen LogP contribution < -0.4 is 9.47 Å². The molecule has 5 heteroatoms. The van der Waals surface area contributed by atoms with Crippen LogP contribution in [0.2, 0.25) is 0 Å². The molecule has 2 heterocycles. The average Bonchev–Trinajstić information content (AvgIpc) is 2.94. The highest BCUT2D eigenvalue weighted by molar-refractivity contribution is 5.75. The topological polar surface area (TPSA) is 48.0 Å². The van der Waals surface area contributed by atoms with Crippen molar-refractivity contribution in [3.63, 3.8) is 0 Å². The first-order chi connectivity index (χ1) is 12.1. The lowest BCUT2D eigenvalue weighted by Gasteiger charge is -2.49. The Hall–Kier alpha value is -2.69. The largest absolute Gasteiger partial charge is 0.497 e. The number of hydrogen-bond acceptors (Lipinski definition) is 5. The number of ether oxygens (including phenoxy) is 3. The molecule has 1 aromatic rings. The molecule has 5 nitrogen and oxygen atoms in total. The van der Waals surface area contributed by atoms with Gasteiger partial charge in [-0.05, 0) is 42.0 Å². The number of benzene rings is 1. The molecule has 25 heavy (non-hydrogen) atoms. The van der Waals surface area contributed by atoms with Crippen LogP contribution in [0.3, 0.4) is 0 Å². The van der Waals surface area contributed by atoms with E-state index in [1.54, 1.807) is 7.11 Å². The van der Waals surface area contributed by atoms with Crippen molar-refractivity contribution in [3.05, 3.63) is 59.0 Å². The number of methoxy groups -OCH3 is 1. The van der Waals surface area contributed by atoms with Crippen molar-refractivity contribution >= 4 is 5.97 Å². The molecule has 0 saturated heterocycles. The maximum atomic E-state index is 11.5. The van der Waals surface area contributed by atoms with Crippen LogP contribution in [0.15, 0.2) is 47.9 Å². The van der Waals surface area contributed by atoms with E-state index in [9.17, 15) is 4.79 Å². The van der Waals surface area contributed by atoms with Crippen LogP contribution in [-0.4, -0.2) is 37.2 Å². The van der Waals surface area contributed by atoms with Gasteiger partial charge in [-0.15, -0.1) is 0 Å². The summed E-state index contributed by atoms with van der Waals surface area (Å²) in [5.41, 5.74) is 3.29. The van der Waals surface area contributed by atoms with E-state index in [1.807, 2.05) is 12.1 Å². The van der Waals surface area contributed by atoms with E-state index < -0.39 is 0 Å². The fourth-order valence-corrected chi connectivity index (χ4v) is 4.75. The van der Waals surface area contributed by atoms with Crippen molar-refractivity contribution in [1.82, 2.24) is 4.90 Å². The van der Waals surface area contributed by atoms with Crippen molar-refractivity contribution in [1.29, 1.82) is 0 Å². The van der Waals surface area contributed by atoms with Crippen LogP contribution in [0.25, 0.3) is 0 Å². The zero-order valence-corrected chi connectivity index (χ0v) is 14.4. The van der Waals surface area contributed by atoms with Gasteiger partial charge in [-0.3, -0.25) is 4.79 Å². The molecule has 1 spiro atoms. The zero-order chi connectivity index (χ0) is 17.3. The zero-order valence-electron chi connectivity index (χ0n) is 14.4. The highest BCUT2D eigenvalue weighted by Gasteiger charge is 2.60. The molecule has 4 aliphatic rings. The molecule has 0 N–H and O–H groups in total. The number of hydrogen-bond donors (Lipinski definition) is 0. The molecule has 0 fully saturated rings. The first kappa shape index (κ1) is 14.6. The van der Waals surface area contributed by atoms with Crippen LogP contribution in [-0.2, 0) is 21.4 Å². The Balaban J connectivity index is 1.81. The number of carbonyl (C=O) groups excluding carboxylic acids is 1. The average molecular weight is 337 g/mol. The minimum absolute atomic E-state index is 0.268. The molecular weight excluding hydrogens is 318 g/mol. The van der Waals surface area contributed by atoms with Gasteiger partial charge in [-0.25, -0.2) is 0 Å². The van der Waals surface area contributed by atoms with Crippen molar-refractivity contribution in [2.75, 3.05) is 14.2 Å². The number of allylic oxidation sites excluding steroid dienone is 2. The first-order valence-electron chi connectivity index (χ1n) is 8.45. The third-order valence-corrected chi connectivity index (χ3v) is 5.76. The summed E-state index contributed by atoms with van der Waals surface area (Å²) in [7, 11) is 3.77. The standard InChI is InChI=1S/C20H19NO4/c1-11(22)24-15-6-4-12-10-14-13-5-7-16(23-3)19-20(13,8-9-21(14)2)17(12)18(15)25-19/h4-9,14,19H,10H2,1-3H3/t14-,19+,20+/m1/s1. The predicted octanol–water partition coefficient (Wildman–Crippen LogP) is 2.46. The molecule has 1 aromatic carbocycles. The molecule has 128 valence electrons. The number of rotatable bonds is 2. The Morgan fingerprint density at radius 1 is 1.36 bits per heavy atom. The quantitative estimate of drug-likeness (QED) is 0.613. The van der Waals surface area contributed by atoms with Crippen molar-refractivity contribution in [2.24, 2.45) is 0 Å². The van der Waals surface area contributed by atoms with Gasteiger partial charge in [0, 0.05) is 19.5 Å². The minimum atomic E-state index is -0.379. The van der Waals surface area contributed by atoms with Crippen LogP contribution >= 0.6 is 0 Å². The second-order valence-corrected chi connectivity index (χ2v) is 6.98. The van der Waals surface area contributed by atoms with Crippen LogP contribution in [0, 0.1) is 0 Å². The molecule has 2 aliphatic carbocycles.